The molecular weight excluding hydrogens is 362 g/mol. The number of hydrogen-bond donors (Lipinski definition) is 2. The summed E-state index contributed by atoms with van der Waals surface area (Å²) in [6.45, 7) is 0.396. The first kappa shape index (κ1) is 18.7. The van der Waals surface area contributed by atoms with Gasteiger partial charge in [0.25, 0.3) is 0 Å². The summed E-state index contributed by atoms with van der Waals surface area (Å²) >= 11 is 0. The molecule has 3 N–H and O–H groups in total. The van der Waals surface area contributed by atoms with E-state index in [9.17, 15) is 19.5 Å². The second-order valence-corrected chi connectivity index (χ2v) is 7.96. The maximum Gasteiger partial charge on any atom is 0.243 e. The van der Waals surface area contributed by atoms with E-state index in [0.717, 1.165) is 5.56 Å². The SMILES string of the molecule is COc1ccc([C@@H]2[C@H](C(N)=O)C[C@@H]3CN(C(=O)C4CC(O)C4)CC(=O)N32)cc1. The molecule has 4 rings (SSSR count). The number of methoxy groups -OCH3 is 1. The second-order valence-electron chi connectivity index (χ2n) is 7.96. The maximum absolute atomic E-state index is 13.0. The first-order valence-electron chi connectivity index (χ1n) is 9.60. The summed E-state index contributed by atoms with van der Waals surface area (Å²) < 4.78 is 5.19. The fraction of sp³-hybridized carbons (Fsp3) is 0.550. The molecule has 3 aliphatic rings. The predicted octanol–water partition coefficient (Wildman–Crippen LogP) is 0.0518. The van der Waals surface area contributed by atoms with Gasteiger partial charge in [0, 0.05) is 12.5 Å². The van der Waals surface area contributed by atoms with Crippen molar-refractivity contribution < 1.29 is 24.2 Å². The van der Waals surface area contributed by atoms with Gasteiger partial charge in [-0.05, 0) is 37.0 Å². The van der Waals surface area contributed by atoms with E-state index in [0.29, 0.717) is 31.6 Å². The first-order valence-corrected chi connectivity index (χ1v) is 9.60. The van der Waals surface area contributed by atoms with E-state index in [1.807, 2.05) is 12.1 Å². The Labute approximate surface area is 163 Å². The van der Waals surface area contributed by atoms with Crippen molar-refractivity contribution >= 4 is 17.7 Å². The lowest BCUT2D eigenvalue weighted by Crippen LogP contribution is -2.58. The molecule has 2 saturated heterocycles. The van der Waals surface area contributed by atoms with Gasteiger partial charge in [0.05, 0.1) is 37.8 Å². The molecular formula is C20H25N3O5. The monoisotopic (exact) mass is 387 g/mol. The number of nitrogens with zero attached hydrogens (tertiary/aromatic N) is 2. The largest absolute Gasteiger partial charge is 0.497 e. The lowest BCUT2D eigenvalue weighted by Gasteiger charge is -2.42. The Morgan fingerprint density at radius 3 is 2.43 bits per heavy atom. The van der Waals surface area contributed by atoms with Crippen LogP contribution in [-0.4, -0.2) is 65.0 Å². The van der Waals surface area contributed by atoms with Crippen molar-refractivity contribution in [2.75, 3.05) is 20.2 Å². The smallest absolute Gasteiger partial charge is 0.243 e. The van der Waals surface area contributed by atoms with Crippen LogP contribution in [0, 0.1) is 11.8 Å². The van der Waals surface area contributed by atoms with E-state index in [2.05, 4.69) is 0 Å². The highest BCUT2D eigenvalue weighted by molar-refractivity contribution is 5.89. The highest BCUT2D eigenvalue weighted by atomic mass is 16.5. The molecule has 3 fully saturated rings. The molecule has 1 aliphatic carbocycles. The van der Waals surface area contributed by atoms with Crippen LogP contribution in [0.15, 0.2) is 24.3 Å². The third kappa shape index (κ3) is 3.11. The summed E-state index contributed by atoms with van der Waals surface area (Å²) in [7, 11) is 1.58. The van der Waals surface area contributed by atoms with Gasteiger partial charge in [-0.1, -0.05) is 12.1 Å². The van der Waals surface area contributed by atoms with Gasteiger partial charge in [-0.25, -0.2) is 0 Å². The number of aliphatic hydroxyl groups excluding tert-OH is 1. The zero-order valence-electron chi connectivity index (χ0n) is 15.8. The summed E-state index contributed by atoms with van der Waals surface area (Å²) in [4.78, 5) is 41.0. The fourth-order valence-electron chi connectivity index (χ4n) is 4.72. The first-order chi connectivity index (χ1) is 13.4. The zero-order chi connectivity index (χ0) is 20.0. The van der Waals surface area contributed by atoms with Gasteiger partial charge in [0.1, 0.15) is 5.75 Å². The Balaban J connectivity index is 1.57. The number of primary amides is 1. The molecule has 0 aromatic heterocycles. The number of benzene rings is 1. The molecule has 150 valence electrons. The van der Waals surface area contributed by atoms with Crippen molar-refractivity contribution in [1.82, 2.24) is 9.80 Å². The standard InChI is InChI=1S/C20H25N3O5/c1-28-15-4-2-11(3-5-15)18-16(19(21)26)8-13-9-22(10-17(25)23(13)18)20(27)12-6-14(24)7-12/h2-5,12-14,16,18,24H,6-10H2,1H3,(H2,21,26)/t12?,13-,14?,16-,18-/m1/s1. The number of aliphatic hydroxyl groups is 1. The summed E-state index contributed by atoms with van der Waals surface area (Å²) in [6.07, 6.45) is 0.928. The predicted molar refractivity (Wildman–Crippen MR) is 99.0 cm³/mol. The molecule has 0 bridgehead atoms. The van der Waals surface area contributed by atoms with E-state index in [4.69, 9.17) is 10.5 Å². The average Bonchev–Trinajstić information content (AvgIpc) is 3.05. The number of hydrogen-bond acceptors (Lipinski definition) is 5. The number of carbonyl (C=O) groups excluding carboxylic acids is 3. The summed E-state index contributed by atoms with van der Waals surface area (Å²) in [5, 5.41) is 9.46. The molecule has 0 unspecified atom stereocenters. The van der Waals surface area contributed by atoms with Gasteiger partial charge in [0.15, 0.2) is 0 Å². The van der Waals surface area contributed by atoms with Gasteiger partial charge in [0.2, 0.25) is 17.7 Å². The third-order valence-corrected chi connectivity index (χ3v) is 6.24. The molecule has 1 saturated carbocycles. The van der Waals surface area contributed by atoms with Gasteiger partial charge >= 0.3 is 0 Å². The van der Waals surface area contributed by atoms with Crippen molar-refractivity contribution in [2.24, 2.45) is 17.6 Å². The number of piperazine rings is 1. The Kier molecular flexibility index (Phi) is 4.74. The summed E-state index contributed by atoms with van der Waals surface area (Å²) in [5.74, 6) is -0.708. The van der Waals surface area contributed by atoms with Crippen LogP contribution in [0.25, 0.3) is 0 Å². The van der Waals surface area contributed by atoms with E-state index in [1.54, 1.807) is 29.0 Å². The van der Waals surface area contributed by atoms with Crippen molar-refractivity contribution in [3.8, 4) is 5.75 Å². The molecule has 8 heteroatoms. The highest BCUT2D eigenvalue weighted by Gasteiger charge is 2.51. The van der Waals surface area contributed by atoms with Gasteiger partial charge < -0.3 is 25.4 Å². The van der Waals surface area contributed by atoms with E-state index in [1.165, 1.54) is 0 Å². The van der Waals surface area contributed by atoms with E-state index < -0.39 is 24.0 Å². The molecule has 1 aromatic carbocycles. The molecule has 8 nitrogen and oxygen atoms in total. The Hall–Kier alpha value is -2.61. The van der Waals surface area contributed by atoms with Gasteiger partial charge in [-0.2, -0.15) is 0 Å². The van der Waals surface area contributed by atoms with Gasteiger partial charge in [-0.15, -0.1) is 0 Å². The molecule has 2 aliphatic heterocycles. The number of amides is 3. The maximum atomic E-state index is 13.0. The molecule has 1 aromatic rings. The normalized spacial score (nSPS) is 31.9. The minimum absolute atomic E-state index is 0.0000646. The minimum atomic E-state index is -0.497. The Bertz CT molecular complexity index is 790. The highest BCUT2D eigenvalue weighted by Crippen LogP contribution is 2.43. The average molecular weight is 387 g/mol. The van der Waals surface area contributed by atoms with Crippen LogP contribution in [0.4, 0.5) is 0 Å². The van der Waals surface area contributed by atoms with E-state index in [-0.39, 0.29) is 30.3 Å². The van der Waals surface area contributed by atoms with Crippen molar-refractivity contribution in [1.29, 1.82) is 0 Å². The molecule has 28 heavy (non-hydrogen) atoms. The van der Waals surface area contributed by atoms with Crippen molar-refractivity contribution in [3.05, 3.63) is 29.8 Å². The van der Waals surface area contributed by atoms with Crippen molar-refractivity contribution in [3.63, 3.8) is 0 Å². The lowest BCUT2D eigenvalue weighted by molar-refractivity contribution is -0.154. The Morgan fingerprint density at radius 1 is 1.18 bits per heavy atom. The molecule has 3 amide bonds. The quantitative estimate of drug-likeness (QED) is 0.758. The zero-order valence-corrected chi connectivity index (χ0v) is 15.8. The number of nitrogens with two attached hydrogens (primary N) is 1. The molecule has 3 atom stereocenters. The van der Waals surface area contributed by atoms with Crippen LogP contribution < -0.4 is 10.5 Å². The lowest BCUT2D eigenvalue weighted by atomic mass is 9.81. The van der Waals surface area contributed by atoms with Crippen LogP contribution in [-0.2, 0) is 14.4 Å². The van der Waals surface area contributed by atoms with Crippen LogP contribution in [0.3, 0.4) is 0 Å². The van der Waals surface area contributed by atoms with Crippen LogP contribution in [0.1, 0.15) is 30.9 Å². The minimum Gasteiger partial charge on any atom is -0.497 e. The molecule has 0 spiro atoms. The number of fused-ring (bicyclic) bond motifs is 1. The number of carbonyl (C=O) groups is 3. The van der Waals surface area contributed by atoms with Crippen LogP contribution in [0.5, 0.6) is 5.75 Å². The van der Waals surface area contributed by atoms with Crippen molar-refractivity contribution in [2.45, 2.75) is 37.5 Å². The Morgan fingerprint density at radius 2 is 1.86 bits per heavy atom. The third-order valence-electron chi connectivity index (χ3n) is 6.24. The number of rotatable bonds is 4. The van der Waals surface area contributed by atoms with E-state index >= 15 is 0 Å². The molecule has 0 radical (unpaired) electrons. The second kappa shape index (κ2) is 7.09. The molecule has 2 heterocycles. The van der Waals surface area contributed by atoms with Crippen LogP contribution >= 0.6 is 0 Å². The topological polar surface area (TPSA) is 113 Å². The van der Waals surface area contributed by atoms with Gasteiger partial charge in [-0.3, -0.25) is 14.4 Å². The number of ether oxygens (including phenoxy) is 1. The van der Waals surface area contributed by atoms with Crippen LogP contribution in [0.2, 0.25) is 0 Å². The summed E-state index contributed by atoms with van der Waals surface area (Å²) in [6, 6.07) is 6.63. The fourth-order valence-corrected chi connectivity index (χ4v) is 4.72. The summed E-state index contributed by atoms with van der Waals surface area (Å²) in [5.41, 5.74) is 6.50.